The highest BCUT2D eigenvalue weighted by Gasteiger charge is 2.19. The molecule has 0 aliphatic carbocycles. The van der Waals surface area contributed by atoms with Crippen LogP contribution in [0.4, 0.5) is 0 Å². The third-order valence-electron chi connectivity index (χ3n) is 2.93. The minimum absolute atomic E-state index is 0.209. The average molecular weight is 295 g/mol. The minimum atomic E-state index is -1.09. The van der Waals surface area contributed by atoms with Gasteiger partial charge in [0.05, 0.1) is 0 Å². The highest BCUT2D eigenvalue weighted by Crippen LogP contribution is 2.18. The number of amides is 1. The van der Waals surface area contributed by atoms with Crippen molar-refractivity contribution in [2.45, 2.75) is 26.3 Å². The van der Waals surface area contributed by atoms with Crippen LogP contribution in [0.3, 0.4) is 0 Å². The number of carboxylic acids is 1. The zero-order chi connectivity index (χ0) is 15.8. The Bertz CT molecular complexity index is 501. The summed E-state index contributed by atoms with van der Waals surface area (Å²) in [5, 5.41) is 11.4. The SMILES string of the molecule is COCCC(NC(=O)COc1ccc(C)cc1C)C(=O)O. The van der Waals surface area contributed by atoms with E-state index in [4.69, 9.17) is 14.6 Å². The lowest BCUT2D eigenvalue weighted by Crippen LogP contribution is -2.43. The number of aryl methyl sites for hydroxylation is 2. The molecule has 0 spiro atoms. The first-order valence-corrected chi connectivity index (χ1v) is 6.65. The van der Waals surface area contributed by atoms with Crippen LogP contribution in [-0.4, -0.2) is 43.3 Å². The lowest BCUT2D eigenvalue weighted by Gasteiger charge is -2.15. The quantitative estimate of drug-likeness (QED) is 0.755. The first-order valence-electron chi connectivity index (χ1n) is 6.65. The molecule has 1 atom stereocenters. The third kappa shape index (κ3) is 5.83. The van der Waals surface area contributed by atoms with Gasteiger partial charge in [-0.3, -0.25) is 4.79 Å². The second-order valence-corrected chi connectivity index (χ2v) is 4.80. The molecule has 21 heavy (non-hydrogen) atoms. The van der Waals surface area contributed by atoms with E-state index < -0.39 is 17.9 Å². The Kier molecular flexibility index (Phi) is 6.68. The summed E-state index contributed by atoms with van der Waals surface area (Å²) in [6.07, 6.45) is 0.209. The fraction of sp³-hybridized carbons (Fsp3) is 0.467. The van der Waals surface area contributed by atoms with E-state index in [2.05, 4.69) is 5.32 Å². The van der Waals surface area contributed by atoms with Gasteiger partial charge in [-0.25, -0.2) is 4.79 Å². The highest BCUT2D eigenvalue weighted by atomic mass is 16.5. The van der Waals surface area contributed by atoms with E-state index in [0.717, 1.165) is 11.1 Å². The summed E-state index contributed by atoms with van der Waals surface area (Å²) in [5.74, 6) is -0.954. The molecule has 1 unspecified atom stereocenters. The van der Waals surface area contributed by atoms with Crippen molar-refractivity contribution in [3.8, 4) is 5.75 Å². The molecule has 0 aliphatic rings. The van der Waals surface area contributed by atoms with Gasteiger partial charge in [0, 0.05) is 20.1 Å². The summed E-state index contributed by atoms with van der Waals surface area (Å²) in [5.41, 5.74) is 2.03. The molecule has 0 aliphatic heterocycles. The van der Waals surface area contributed by atoms with E-state index in [0.29, 0.717) is 5.75 Å². The Morgan fingerprint density at radius 3 is 2.62 bits per heavy atom. The van der Waals surface area contributed by atoms with Crippen LogP contribution in [0.5, 0.6) is 5.75 Å². The van der Waals surface area contributed by atoms with Crippen molar-refractivity contribution in [2.24, 2.45) is 0 Å². The van der Waals surface area contributed by atoms with Gasteiger partial charge >= 0.3 is 5.97 Å². The van der Waals surface area contributed by atoms with Crippen LogP contribution in [0.15, 0.2) is 18.2 Å². The highest BCUT2D eigenvalue weighted by molar-refractivity contribution is 5.84. The van der Waals surface area contributed by atoms with Crippen molar-refractivity contribution in [3.63, 3.8) is 0 Å². The molecule has 0 fully saturated rings. The second kappa shape index (κ2) is 8.26. The maximum atomic E-state index is 11.7. The van der Waals surface area contributed by atoms with Crippen molar-refractivity contribution >= 4 is 11.9 Å². The van der Waals surface area contributed by atoms with Gasteiger partial charge in [0.25, 0.3) is 5.91 Å². The van der Waals surface area contributed by atoms with Crippen LogP contribution < -0.4 is 10.1 Å². The normalized spacial score (nSPS) is 11.8. The standard InChI is InChI=1S/C15H21NO5/c1-10-4-5-13(11(2)8-10)21-9-14(17)16-12(15(18)19)6-7-20-3/h4-5,8,12H,6-7,9H2,1-3H3,(H,16,17)(H,18,19). The lowest BCUT2D eigenvalue weighted by atomic mass is 10.1. The van der Waals surface area contributed by atoms with Crippen LogP contribution in [0.25, 0.3) is 0 Å². The molecule has 0 aromatic heterocycles. The lowest BCUT2D eigenvalue weighted by molar-refractivity contribution is -0.142. The van der Waals surface area contributed by atoms with Crippen molar-refractivity contribution in [2.75, 3.05) is 20.3 Å². The molecule has 1 amide bonds. The Labute approximate surface area is 124 Å². The van der Waals surface area contributed by atoms with Crippen LogP contribution in [-0.2, 0) is 14.3 Å². The zero-order valence-corrected chi connectivity index (χ0v) is 12.5. The third-order valence-corrected chi connectivity index (χ3v) is 2.93. The van der Waals surface area contributed by atoms with E-state index in [1.165, 1.54) is 7.11 Å². The summed E-state index contributed by atoms with van der Waals surface area (Å²) in [6.45, 7) is 3.89. The maximum absolute atomic E-state index is 11.7. The molecule has 1 rings (SSSR count). The molecule has 1 aromatic carbocycles. The summed E-state index contributed by atoms with van der Waals surface area (Å²) >= 11 is 0. The van der Waals surface area contributed by atoms with Gasteiger partial charge < -0.3 is 19.9 Å². The molecule has 0 bridgehead atoms. The molecule has 1 aromatic rings. The summed E-state index contributed by atoms with van der Waals surface area (Å²) in [6, 6.07) is 4.66. The molecule has 0 saturated heterocycles. The van der Waals surface area contributed by atoms with Gasteiger partial charge in [-0.15, -0.1) is 0 Å². The van der Waals surface area contributed by atoms with Gasteiger partial charge in [-0.1, -0.05) is 17.7 Å². The molecule has 0 radical (unpaired) electrons. The maximum Gasteiger partial charge on any atom is 0.326 e. The van der Waals surface area contributed by atoms with Crippen LogP contribution in [0, 0.1) is 13.8 Å². The topological polar surface area (TPSA) is 84.9 Å². The predicted molar refractivity (Wildman–Crippen MR) is 77.5 cm³/mol. The Balaban J connectivity index is 2.50. The number of carbonyl (C=O) groups excluding carboxylic acids is 1. The van der Waals surface area contributed by atoms with Gasteiger partial charge in [0.1, 0.15) is 11.8 Å². The van der Waals surface area contributed by atoms with Crippen LogP contribution in [0.1, 0.15) is 17.5 Å². The molecule has 2 N–H and O–H groups in total. The van der Waals surface area contributed by atoms with Crippen molar-refractivity contribution in [3.05, 3.63) is 29.3 Å². The first-order chi connectivity index (χ1) is 9.93. The van der Waals surface area contributed by atoms with Crippen molar-refractivity contribution in [1.82, 2.24) is 5.32 Å². The summed E-state index contributed by atoms with van der Waals surface area (Å²) < 4.78 is 10.2. The molecular formula is C15H21NO5. The van der Waals surface area contributed by atoms with Gasteiger partial charge in [0.2, 0.25) is 0 Å². The van der Waals surface area contributed by atoms with E-state index in [1.807, 2.05) is 26.0 Å². The number of nitrogens with one attached hydrogen (secondary N) is 1. The Hall–Kier alpha value is -2.08. The van der Waals surface area contributed by atoms with Crippen molar-refractivity contribution < 1.29 is 24.2 Å². The Morgan fingerprint density at radius 2 is 2.05 bits per heavy atom. The molecule has 6 heteroatoms. The number of carbonyl (C=O) groups is 2. The number of carboxylic acid groups (broad SMARTS) is 1. The van der Waals surface area contributed by atoms with Crippen LogP contribution >= 0.6 is 0 Å². The van der Waals surface area contributed by atoms with Gasteiger partial charge in [0.15, 0.2) is 6.61 Å². The number of aliphatic carboxylic acids is 1. The predicted octanol–water partition coefficient (Wildman–Crippen LogP) is 1.29. The molecular weight excluding hydrogens is 274 g/mol. The van der Waals surface area contributed by atoms with Gasteiger partial charge in [-0.2, -0.15) is 0 Å². The second-order valence-electron chi connectivity index (χ2n) is 4.80. The summed E-state index contributed by atoms with van der Waals surface area (Å²) in [7, 11) is 1.48. The first kappa shape index (κ1) is 17.0. The molecule has 6 nitrogen and oxygen atoms in total. The number of benzene rings is 1. The number of hydrogen-bond donors (Lipinski definition) is 2. The number of rotatable bonds is 8. The molecule has 0 heterocycles. The number of methoxy groups -OCH3 is 1. The van der Waals surface area contributed by atoms with E-state index >= 15 is 0 Å². The largest absolute Gasteiger partial charge is 0.484 e. The number of ether oxygens (including phenoxy) is 2. The smallest absolute Gasteiger partial charge is 0.326 e. The van der Waals surface area contributed by atoms with E-state index in [9.17, 15) is 9.59 Å². The summed E-state index contributed by atoms with van der Waals surface area (Å²) in [4.78, 5) is 22.7. The minimum Gasteiger partial charge on any atom is -0.484 e. The Morgan fingerprint density at radius 1 is 1.33 bits per heavy atom. The van der Waals surface area contributed by atoms with Gasteiger partial charge in [-0.05, 0) is 25.5 Å². The monoisotopic (exact) mass is 295 g/mol. The van der Waals surface area contributed by atoms with E-state index in [-0.39, 0.29) is 19.6 Å². The van der Waals surface area contributed by atoms with Crippen molar-refractivity contribution in [1.29, 1.82) is 0 Å². The molecule has 0 saturated carbocycles. The van der Waals surface area contributed by atoms with E-state index in [1.54, 1.807) is 6.07 Å². The fourth-order valence-corrected chi connectivity index (χ4v) is 1.83. The number of hydrogen-bond acceptors (Lipinski definition) is 4. The van der Waals surface area contributed by atoms with Crippen LogP contribution in [0.2, 0.25) is 0 Å². The average Bonchev–Trinajstić information content (AvgIpc) is 2.42. The molecule has 116 valence electrons. The zero-order valence-electron chi connectivity index (χ0n) is 12.5. The fourth-order valence-electron chi connectivity index (χ4n) is 1.83.